The summed E-state index contributed by atoms with van der Waals surface area (Å²) in [6, 6.07) is 5.78. The first-order valence-corrected chi connectivity index (χ1v) is 6.33. The Morgan fingerprint density at radius 3 is 2.78 bits per heavy atom. The number of rotatable bonds is 2. The first kappa shape index (κ1) is 13.0. The number of carboxylic acids is 1. The van der Waals surface area contributed by atoms with E-state index in [9.17, 15) is 9.59 Å². The second kappa shape index (κ2) is 5.07. The van der Waals surface area contributed by atoms with E-state index in [1.807, 2.05) is 0 Å². The van der Waals surface area contributed by atoms with Crippen molar-refractivity contribution in [3.05, 3.63) is 34.3 Å². The van der Waals surface area contributed by atoms with Crippen molar-refractivity contribution in [1.29, 1.82) is 0 Å². The molecule has 1 aromatic carbocycles. The summed E-state index contributed by atoms with van der Waals surface area (Å²) in [6.45, 7) is 0.280. The number of aliphatic carboxylic acids is 1. The van der Waals surface area contributed by atoms with E-state index in [2.05, 4.69) is 15.9 Å². The Bertz CT molecular complexity index is 492. The van der Waals surface area contributed by atoms with E-state index in [0.29, 0.717) is 12.0 Å². The van der Waals surface area contributed by atoms with E-state index in [1.165, 1.54) is 4.90 Å². The number of hydrogen-bond acceptors (Lipinski definition) is 3. The summed E-state index contributed by atoms with van der Waals surface area (Å²) in [6.07, 6.45) is 0.301. The fourth-order valence-electron chi connectivity index (χ4n) is 2.11. The van der Waals surface area contributed by atoms with E-state index in [1.54, 1.807) is 24.3 Å². The zero-order valence-corrected chi connectivity index (χ0v) is 11.1. The van der Waals surface area contributed by atoms with E-state index in [4.69, 9.17) is 10.8 Å². The Kier molecular flexibility index (Phi) is 3.68. The highest BCUT2D eigenvalue weighted by Crippen LogP contribution is 2.21. The minimum atomic E-state index is -1.01. The van der Waals surface area contributed by atoms with Crippen LogP contribution in [-0.4, -0.2) is 40.5 Å². The molecular weight excluding hydrogens is 300 g/mol. The SMILES string of the molecule is NC1CC(C(=O)O)N(C(=O)c2cccc(Br)c2)C1. The van der Waals surface area contributed by atoms with Crippen molar-refractivity contribution in [1.82, 2.24) is 4.90 Å². The van der Waals surface area contributed by atoms with Gasteiger partial charge in [0, 0.05) is 22.6 Å². The summed E-state index contributed by atoms with van der Waals surface area (Å²) in [5.41, 5.74) is 6.20. The van der Waals surface area contributed by atoms with Gasteiger partial charge < -0.3 is 15.7 Å². The third-order valence-corrected chi connectivity index (χ3v) is 3.44. The molecule has 1 aliphatic rings. The summed E-state index contributed by atoms with van der Waals surface area (Å²) in [5.74, 6) is -1.30. The molecular formula is C12H13BrN2O3. The maximum atomic E-state index is 12.2. The molecule has 0 spiro atoms. The zero-order chi connectivity index (χ0) is 13.3. The van der Waals surface area contributed by atoms with Crippen molar-refractivity contribution in [2.45, 2.75) is 18.5 Å². The Morgan fingerprint density at radius 1 is 1.44 bits per heavy atom. The lowest BCUT2D eigenvalue weighted by Gasteiger charge is -2.21. The molecule has 2 unspecified atom stereocenters. The number of halogens is 1. The molecule has 0 bridgehead atoms. The molecule has 1 aromatic rings. The molecule has 1 saturated heterocycles. The van der Waals surface area contributed by atoms with Gasteiger partial charge in [-0.05, 0) is 24.6 Å². The second-order valence-corrected chi connectivity index (χ2v) is 5.23. The predicted octanol–water partition coefficient (Wildman–Crippen LogP) is 1.08. The van der Waals surface area contributed by atoms with E-state index in [-0.39, 0.29) is 18.5 Å². The molecule has 2 atom stereocenters. The van der Waals surface area contributed by atoms with E-state index in [0.717, 1.165) is 4.47 Å². The van der Waals surface area contributed by atoms with Gasteiger partial charge in [-0.1, -0.05) is 22.0 Å². The number of nitrogens with zero attached hydrogens (tertiary/aromatic N) is 1. The number of carboxylic acid groups (broad SMARTS) is 1. The molecule has 0 aromatic heterocycles. The molecule has 3 N–H and O–H groups in total. The van der Waals surface area contributed by atoms with Crippen molar-refractivity contribution in [3.63, 3.8) is 0 Å². The lowest BCUT2D eigenvalue weighted by Crippen LogP contribution is -2.40. The van der Waals surface area contributed by atoms with Crippen LogP contribution in [0.2, 0.25) is 0 Å². The van der Waals surface area contributed by atoms with Crippen LogP contribution < -0.4 is 5.73 Å². The average molecular weight is 313 g/mol. The molecule has 6 heteroatoms. The van der Waals surface area contributed by atoms with Crippen LogP contribution in [0, 0.1) is 0 Å². The molecule has 1 aliphatic heterocycles. The van der Waals surface area contributed by atoms with Crippen LogP contribution in [0.1, 0.15) is 16.8 Å². The monoisotopic (exact) mass is 312 g/mol. The maximum Gasteiger partial charge on any atom is 0.326 e. The van der Waals surface area contributed by atoms with Gasteiger partial charge in [0.05, 0.1) is 0 Å². The highest BCUT2D eigenvalue weighted by Gasteiger charge is 2.38. The van der Waals surface area contributed by atoms with Crippen LogP contribution in [0.25, 0.3) is 0 Å². The molecule has 0 saturated carbocycles. The number of nitrogens with two attached hydrogens (primary N) is 1. The lowest BCUT2D eigenvalue weighted by molar-refractivity contribution is -0.141. The minimum absolute atomic E-state index is 0.276. The molecule has 1 amide bonds. The summed E-state index contributed by atoms with van der Waals surface area (Å²) in [5, 5.41) is 9.09. The highest BCUT2D eigenvalue weighted by molar-refractivity contribution is 9.10. The lowest BCUT2D eigenvalue weighted by atomic mass is 10.1. The average Bonchev–Trinajstić information content (AvgIpc) is 2.70. The van der Waals surface area contributed by atoms with Gasteiger partial charge in [-0.3, -0.25) is 4.79 Å². The van der Waals surface area contributed by atoms with Gasteiger partial charge in [0.15, 0.2) is 0 Å². The molecule has 1 heterocycles. The molecule has 18 heavy (non-hydrogen) atoms. The third-order valence-electron chi connectivity index (χ3n) is 2.95. The van der Waals surface area contributed by atoms with Crippen LogP contribution in [0.4, 0.5) is 0 Å². The Labute approximate surface area is 113 Å². The summed E-state index contributed by atoms with van der Waals surface area (Å²) < 4.78 is 0.781. The number of likely N-dealkylation sites (tertiary alicyclic amines) is 1. The van der Waals surface area contributed by atoms with Crippen molar-refractivity contribution < 1.29 is 14.7 Å². The maximum absolute atomic E-state index is 12.2. The van der Waals surface area contributed by atoms with Crippen LogP contribution in [-0.2, 0) is 4.79 Å². The van der Waals surface area contributed by atoms with Gasteiger partial charge in [0.2, 0.25) is 0 Å². The third kappa shape index (κ3) is 2.54. The van der Waals surface area contributed by atoms with Gasteiger partial charge in [-0.15, -0.1) is 0 Å². The summed E-state index contributed by atoms with van der Waals surface area (Å²) in [4.78, 5) is 24.7. The second-order valence-electron chi connectivity index (χ2n) is 4.32. The Balaban J connectivity index is 2.25. The van der Waals surface area contributed by atoms with Crippen LogP contribution >= 0.6 is 15.9 Å². The Hall–Kier alpha value is -1.40. The highest BCUT2D eigenvalue weighted by atomic mass is 79.9. The largest absolute Gasteiger partial charge is 0.480 e. The number of amides is 1. The quantitative estimate of drug-likeness (QED) is 0.856. The molecule has 96 valence electrons. The van der Waals surface area contributed by atoms with Crippen LogP contribution in [0.3, 0.4) is 0 Å². The predicted molar refractivity (Wildman–Crippen MR) is 69.2 cm³/mol. The minimum Gasteiger partial charge on any atom is -0.480 e. The van der Waals surface area contributed by atoms with Crippen molar-refractivity contribution in [2.75, 3.05) is 6.54 Å². The fourth-order valence-corrected chi connectivity index (χ4v) is 2.51. The van der Waals surface area contributed by atoms with Gasteiger partial charge in [-0.2, -0.15) is 0 Å². The first-order chi connectivity index (χ1) is 8.49. The number of benzene rings is 1. The van der Waals surface area contributed by atoms with Gasteiger partial charge in [0.1, 0.15) is 6.04 Å². The fraction of sp³-hybridized carbons (Fsp3) is 0.333. The number of hydrogen-bond donors (Lipinski definition) is 2. The standard InChI is InChI=1S/C12H13BrN2O3/c13-8-3-1-2-7(4-8)11(16)15-6-9(14)5-10(15)12(17)18/h1-4,9-10H,5-6,14H2,(H,17,18). The molecule has 0 aliphatic carbocycles. The van der Waals surface area contributed by atoms with Gasteiger partial charge in [0.25, 0.3) is 5.91 Å². The smallest absolute Gasteiger partial charge is 0.326 e. The van der Waals surface area contributed by atoms with E-state index < -0.39 is 12.0 Å². The summed E-state index contributed by atoms with van der Waals surface area (Å²) in [7, 11) is 0. The van der Waals surface area contributed by atoms with E-state index >= 15 is 0 Å². The number of carbonyl (C=O) groups excluding carboxylic acids is 1. The van der Waals surface area contributed by atoms with Crippen molar-refractivity contribution in [2.24, 2.45) is 5.73 Å². The molecule has 2 rings (SSSR count). The normalized spacial score (nSPS) is 23.1. The van der Waals surface area contributed by atoms with Crippen LogP contribution in [0.15, 0.2) is 28.7 Å². The first-order valence-electron chi connectivity index (χ1n) is 5.54. The topological polar surface area (TPSA) is 83.6 Å². The van der Waals surface area contributed by atoms with Crippen molar-refractivity contribution >= 4 is 27.8 Å². The van der Waals surface area contributed by atoms with Gasteiger partial charge >= 0.3 is 5.97 Å². The van der Waals surface area contributed by atoms with Crippen LogP contribution in [0.5, 0.6) is 0 Å². The molecule has 1 fully saturated rings. The summed E-state index contributed by atoms with van der Waals surface area (Å²) >= 11 is 3.28. The number of carbonyl (C=O) groups is 2. The molecule has 0 radical (unpaired) electrons. The van der Waals surface area contributed by atoms with Gasteiger partial charge in [-0.25, -0.2) is 4.79 Å². The zero-order valence-electron chi connectivity index (χ0n) is 9.54. The molecule has 5 nitrogen and oxygen atoms in total. The van der Waals surface area contributed by atoms with Crippen molar-refractivity contribution in [3.8, 4) is 0 Å². The Morgan fingerprint density at radius 2 is 2.17 bits per heavy atom.